The summed E-state index contributed by atoms with van der Waals surface area (Å²) in [4.78, 5) is 49.9. The fraction of sp³-hybridized carbons (Fsp3) is 0.333. The molecule has 0 saturated carbocycles. The van der Waals surface area contributed by atoms with Gasteiger partial charge in [0.05, 0.1) is 18.1 Å². The van der Waals surface area contributed by atoms with Gasteiger partial charge in [0, 0.05) is 24.6 Å². The number of nitro benzene ring substituents is 1. The molecule has 0 N–H and O–H groups in total. The number of carbonyl (C=O) groups excluding carboxylic acids is 3. The van der Waals surface area contributed by atoms with E-state index in [4.69, 9.17) is 9.47 Å². The largest absolute Gasteiger partial charge is 0.449 e. The molecule has 0 spiro atoms. The van der Waals surface area contributed by atoms with Crippen molar-refractivity contribution < 1.29 is 28.8 Å². The summed E-state index contributed by atoms with van der Waals surface area (Å²) in [5, 5.41) is 10.7. The zero-order chi connectivity index (χ0) is 19.0. The first-order chi connectivity index (χ1) is 11.8. The predicted molar refractivity (Wildman–Crippen MR) is 86.2 cm³/mol. The minimum absolute atomic E-state index is 0.00440. The number of amides is 3. The van der Waals surface area contributed by atoms with Crippen LogP contribution in [0.2, 0.25) is 0 Å². The summed E-state index contributed by atoms with van der Waals surface area (Å²) < 4.78 is 9.50. The number of benzene rings is 1. The lowest BCUT2D eigenvalue weighted by Crippen LogP contribution is -2.42. The number of nitro groups is 1. The zero-order valence-corrected chi connectivity index (χ0v) is 13.9. The van der Waals surface area contributed by atoms with Gasteiger partial charge in [-0.05, 0) is 26.0 Å². The molecule has 10 heteroatoms. The number of rotatable bonds is 4. The van der Waals surface area contributed by atoms with Crippen LogP contribution in [-0.2, 0) is 14.3 Å². The summed E-state index contributed by atoms with van der Waals surface area (Å²) in [5.74, 6) is -1.10. The Balaban J connectivity index is 3.41. The van der Waals surface area contributed by atoms with Gasteiger partial charge in [0.25, 0.3) is 5.69 Å². The van der Waals surface area contributed by atoms with Crippen molar-refractivity contribution in [2.75, 3.05) is 13.2 Å². The third kappa shape index (κ3) is 5.37. The second-order valence-electron chi connectivity index (χ2n) is 4.49. The van der Waals surface area contributed by atoms with E-state index in [2.05, 4.69) is 4.99 Å². The molecule has 3 amide bonds. The topological polar surface area (TPSA) is 128 Å². The van der Waals surface area contributed by atoms with E-state index >= 15 is 0 Å². The fourth-order valence-corrected chi connectivity index (χ4v) is 1.77. The van der Waals surface area contributed by atoms with Crippen LogP contribution in [0, 0.1) is 10.1 Å². The number of nitrogens with zero attached hydrogens (tertiary/aromatic N) is 3. The number of aliphatic imine (C=N–C) groups is 1. The minimum atomic E-state index is -1.03. The molecule has 1 aromatic rings. The molecule has 25 heavy (non-hydrogen) atoms. The van der Waals surface area contributed by atoms with E-state index in [9.17, 15) is 24.5 Å². The number of hydrogen-bond acceptors (Lipinski definition) is 7. The van der Waals surface area contributed by atoms with Crippen LogP contribution in [0.25, 0.3) is 0 Å². The van der Waals surface area contributed by atoms with E-state index in [-0.39, 0.29) is 30.3 Å². The maximum Gasteiger partial charge on any atom is 0.435 e. The van der Waals surface area contributed by atoms with Gasteiger partial charge in [0.1, 0.15) is 0 Å². The van der Waals surface area contributed by atoms with E-state index < -0.39 is 23.0 Å². The number of carbonyl (C=O) groups is 3. The lowest BCUT2D eigenvalue weighted by molar-refractivity contribution is -0.384. The molecule has 0 bridgehead atoms. The summed E-state index contributed by atoms with van der Waals surface area (Å²) in [6, 6.07) is 4.82. The molecule has 0 aliphatic heterocycles. The number of ether oxygens (including phenoxy) is 2. The Bertz CT molecular complexity index is 698. The van der Waals surface area contributed by atoms with Gasteiger partial charge < -0.3 is 9.47 Å². The molecule has 0 unspecified atom stereocenters. The average Bonchev–Trinajstić information content (AvgIpc) is 2.54. The quantitative estimate of drug-likeness (QED) is 0.353. The maximum absolute atomic E-state index is 12.1. The Morgan fingerprint density at radius 3 is 2.12 bits per heavy atom. The molecular formula is C15H17N3O7. The third-order valence-corrected chi connectivity index (χ3v) is 2.78. The molecule has 0 atom stereocenters. The van der Waals surface area contributed by atoms with Gasteiger partial charge in [-0.15, -0.1) is 0 Å². The predicted octanol–water partition coefficient (Wildman–Crippen LogP) is 2.50. The summed E-state index contributed by atoms with van der Waals surface area (Å²) in [6.07, 6.45) is -2.05. The molecule has 0 radical (unpaired) electrons. The van der Waals surface area contributed by atoms with Crippen molar-refractivity contribution in [3.05, 3.63) is 39.9 Å². The number of imide groups is 1. The van der Waals surface area contributed by atoms with E-state index in [1.165, 1.54) is 12.1 Å². The Morgan fingerprint density at radius 2 is 1.68 bits per heavy atom. The summed E-state index contributed by atoms with van der Waals surface area (Å²) >= 11 is 0. The summed E-state index contributed by atoms with van der Waals surface area (Å²) in [7, 11) is 0. The lowest BCUT2D eigenvalue weighted by Gasteiger charge is -2.20. The minimum Gasteiger partial charge on any atom is -0.449 e. The lowest BCUT2D eigenvalue weighted by atomic mass is 10.1. The van der Waals surface area contributed by atoms with Crippen LogP contribution in [0.15, 0.2) is 29.3 Å². The van der Waals surface area contributed by atoms with Gasteiger partial charge in [0.15, 0.2) is 5.84 Å². The molecule has 0 saturated heterocycles. The van der Waals surface area contributed by atoms with Gasteiger partial charge in [-0.3, -0.25) is 14.9 Å². The highest BCUT2D eigenvalue weighted by Crippen LogP contribution is 2.15. The molecule has 134 valence electrons. The normalized spacial score (nSPS) is 10.8. The summed E-state index contributed by atoms with van der Waals surface area (Å²) in [6.45, 7) is 4.23. The van der Waals surface area contributed by atoms with Crippen molar-refractivity contribution in [2.24, 2.45) is 4.99 Å². The molecular weight excluding hydrogens is 334 g/mol. The van der Waals surface area contributed by atoms with Crippen LogP contribution in [0.5, 0.6) is 0 Å². The van der Waals surface area contributed by atoms with Crippen LogP contribution in [0.3, 0.4) is 0 Å². The molecule has 0 aromatic heterocycles. The molecule has 0 aliphatic rings. The Labute approximate surface area is 143 Å². The van der Waals surface area contributed by atoms with Gasteiger partial charge in [-0.25, -0.2) is 9.59 Å². The first kappa shape index (κ1) is 19.7. The second-order valence-corrected chi connectivity index (χ2v) is 4.49. The van der Waals surface area contributed by atoms with Gasteiger partial charge >= 0.3 is 12.2 Å². The first-order valence-electron chi connectivity index (χ1n) is 7.29. The van der Waals surface area contributed by atoms with E-state index in [1.807, 2.05) is 0 Å². The van der Waals surface area contributed by atoms with E-state index in [1.54, 1.807) is 13.8 Å². The van der Waals surface area contributed by atoms with E-state index in [0.29, 0.717) is 4.90 Å². The Hall–Kier alpha value is -3.30. The van der Waals surface area contributed by atoms with Crippen LogP contribution >= 0.6 is 0 Å². The van der Waals surface area contributed by atoms with Crippen LogP contribution in [0.1, 0.15) is 26.3 Å². The van der Waals surface area contributed by atoms with Crippen molar-refractivity contribution in [1.29, 1.82) is 0 Å². The first-order valence-corrected chi connectivity index (χ1v) is 7.29. The molecule has 1 aromatic carbocycles. The van der Waals surface area contributed by atoms with Crippen molar-refractivity contribution in [1.82, 2.24) is 4.90 Å². The Kier molecular flexibility index (Phi) is 7.19. The molecule has 0 fully saturated rings. The number of hydrogen-bond donors (Lipinski definition) is 0. The van der Waals surface area contributed by atoms with Gasteiger partial charge in [-0.2, -0.15) is 9.89 Å². The third-order valence-electron chi connectivity index (χ3n) is 2.78. The van der Waals surface area contributed by atoms with Crippen LogP contribution in [0.4, 0.5) is 15.3 Å². The SMILES string of the molecule is CCOC(=O)/N=C(/c1ccc([N+](=O)[O-])cc1)N(C(C)=O)C(=O)OCC. The smallest absolute Gasteiger partial charge is 0.435 e. The van der Waals surface area contributed by atoms with Gasteiger partial charge in [-0.1, -0.05) is 0 Å². The number of amidine groups is 1. The standard InChI is InChI=1S/C15H17N3O7/c1-4-24-14(20)16-13(17(10(3)19)15(21)25-5-2)11-6-8-12(9-7-11)18(22)23/h6-9H,4-5H2,1-3H3/b16-13-. The highest BCUT2D eigenvalue weighted by molar-refractivity contribution is 6.18. The van der Waals surface area contributed by atoms with Crippen molar-refractivity contribution in [3.8, 4) is 0 Å². The molecule has 1 rings (SSSR count). The Morgan fingerprint density at radius 1 is 1.12 bits per heavy atom. The highest BCUT2D eigenvalue weighted by Gasteiger charge is 2.28. The maximum atomic E-state index is 12.1. The fourth-order valence-electron chi connectivity index (χ4n) is 1.77. The van der Waals surface area contributed by atoms with Crippen molar-refractivity contribution in [2.45, 2.75) is 20.8 Å². The van der Waals surface area contributed by atoms with Crippen LogP contribution in [-0.4, -0.2) is 47.0 Å². The molecule has 0 heterocycles. The highest BCUT2D eigenvalue weighted by atomic mass is 16.6. The van der Waals surface area contributed by atoms with Gasteiger partial charge in [0.2, 0.25) is 5.91 Å². The van der Waals surface area contributed by atoms with Crippen molar-refractivity contribution in [3.63, 3.8) is 0 Å². The average molecular weight is 351 g/mol. The number of non-ortho nitro benzene ring substituents is 1. The van der Waals surface area contributed by atoms with Crippen LogP contribution < -0.4 is 0 Å². The summed E-state index contributed by atoms with van der Waals surface area (Å²) in [5.41, 5.74) is -0.0772. The zero-order valence-electron chi connectivity index (χ0n) is 13.9. The molecule has 10 nitrogen and oxygen atoms in total. The van der Waals surface area contributed by atoms with Crippen molar-refractivity contribution >= 4 is 29.6 Å². The monoisotopic (exact) mass is 351 g/mol. The molecule has 0 aliphatic carbocycles. The van der Waals surface area contributed by atoms with E-state index in [0.717, 1.165) is 19.1 Å². The second kappa shape index (κ2) is 9.11.